The van der Waals surface area contributed by atoms with Crippen LogP contribution in [0.3, 0.4) is 0 Å². The van der Waals surface area contributed by atoms with Gasteiger partial charge in [-0.05, 0) is 0 Å². The third-order valence-electron chi connectivity index (χ3n) is 2.63. The second kappa shape index (κ2) is 3.52. The number of hydrogen-bond acceptors (Lipinski definition) is 3. The first-order valence-electron chi connectivity index (χ1n) is 5.21. The molecule has 0 amide bonds. The molecule has 0 aliphatic heterocycles. The summed E-state index contributed by atoms with van der Waals surface area (Å²) >= 11 is 0. The van der Waals surface area contributed by atoms with Gasteiger partial charge in [-0.1, -0.05) is 30.3 Å². The van der Waals surface area contributed by atoms with E-state index in [0.29, 0.717) is 16.9 Å². The number of hydrogen-bond donors (Lipinski definition) is 3. The highest BCUT2D eigenvalue weighted by atomic mass is 16.3. The summed E-state index contributed by atoms with van der Waals surface area (Å²) in [5, 5.41) is 18.8. The number of fused-ring (bicyclic) bond motifs is 1. The van der Waals surface area contributed by atoms with E-state index in [4.69, 9.17) is 0 Å². The Morgan fingerprint density at radius 1 is 0.941 bits per heavy atom. The van der Waals surface area contributed by atoms with Gasteiger partial charge in [-0.3, -0.25) is 0 Å². The molecule has 0 aliphatic rings. The Kier molecular flexibility index (Phi) is 2.01. The van der Waals surface area contributed by atoms with E-state index >= 15 is 0 Å². The number of nitrogens with zero attached hydrogens (tertiary/aromatic N) is 1. The van der Waals surface area contributed by atoms with Crippen LogP contribution in [0.15, 0.2) is 42.5 Å². The van der Waals surface area contributed by atoms with Crippen LogP contribution in [0.2, 0.25) is 0 Å². The van der Waals surface area contributed by atoms with Crippen LogP contribution < -0.4 is 0 Å². The Hall–Kier alpha value is -2.49. The molecular formula is C13H10N2O2. The minimum absolute atomic E-state index is 0.152. The molecule has 0 aliphatic carbocycles. The quantitative estimate of drug-likeness (QED) is 0.559. The van der Waals surface area contributed by atoms with Crippen molar-refractivity contribution >= 4 is 11.0 Å². The van der Waals surface area contributed by atoms with Crippen LogP contribution in [0.1, 0.15) is 0 Å². The lowest BCUT2D eigenvalue weighted by Crippen LogP contribution is -1.77. The van der Waals surface area contributed by atoms with Gasteiger partial charge in [0.15, 0.2) is 11.5 Å². The summed E-state index contributed by atoms with van der Waals surface area (Å²) in [7, 11) is 0. The SMILES string of the molecule is Oc1cc2nc(-c3ccccc3)[nH]c2cc1O. The maximum atomic E-state index is 9.40. The van der Waals surface area contributed by atoms with Crippen LogP contribution in [0.5, 0.6) is 11.5 Å². The maximum Gasteiger partial charge on any atom is 0.159 e. The number of rotatable bonds is 1. The smallest absolute Gasteiger partial charge is 0.159 e. The fraction of sp³-hybridized carbons (Fsp3) is 0. The Morgan fingerprint density at radius 3 is 2.41 bits per heavy atom. The van der Waals surface area contributed by atoms with E-state index in [1.54, 1.807) is 0 Å². The third kappa shape index (κ3) is 1.59. The molecule has 0 radical (unpaired) electrons. The number of nitrogens with one attached hydrogen (secondary N) is 1. The molecule has 2 aromatic carbocycles. The molecule has 3 rings (SSSR count). The molecule has 3 aromatic rings. The molecule has 0 spiro atoms. The second-order valence-electron chi connectivity index (χ2n) is 3.81. The Bertz CT molecular complexity index is 635. The van der Waals surface area contributed by atoms with Gasteiger partial charge in [0.1, 0.15) is 5.82 Å². The van der Waals surface area contributed by atoms with Crippen LogP contribution in [0, 0.1) is 0 Å². The van der Waals surface area contributed by atoms with Gasteiger partial charge in [0, 0.05) is 17.7 Å². The number of aromatic amines is 1. The highest BCUT2D eigenvalue weighted by Crippen LogP contribution is 2.30. The number of benzene rings is 2. The van der Waals surface area contributed by atoms with Gasteiger partial charge < -0.3 is 15.2 Å². The van der Waals surface area contributed by atoms with Crippen LogP contribution in [-0.4, -0.2) is 20.2 Å². The van der Waals surface area contributed by atoms with E-state index in [-0.39, 0.29) is 11.5 Å². The molecule has 0 atom stereocenters. The molecule has 0 unspecified atom stereocenters. The molecule has 4 heteroatoms. The van der Waals surface area contributed by atoms with Crippen molar-refractivity contribution in [3.8, 4) is 22.9 Å². The molecular weight excluding hydrogens is 216 g/mol. The van der Waals surface area contributed by atoms with Gasteiger partial charge in [-0.15, -0.1) is 0 Å². The zero-order valence-electron chi connectivity index (χ0n) is 8.88. The standard InChI is InChI=1S/C13H10N2O2/c16-11-6-9-10(7-12(11)17)15-13(14-9)8-4-2-1-3-5-8/h1-7,16-17H,(H,14,15). The maximum absolute atomic E-state index is 9.40. The topological polar surface area (TPSA) is 69.1 Å². The summed E-state index contributed by atoms with van der Waals surface area (Å²) in [6.45, 7) is 0. The van der Waals surface area contributed by atoms with E-state index in [0.717, 1.165) is 5.56 Å². The van der Waals surface area contributed by atoms with Crippen LogP contribution in [-0.2, 0) is 0 Å². The van der Waals surface area contributed by atoms with Gasteiger partial charge in [0.25, 0.3) is 0 Å². The summed E-state index contributed by atoms with van der Waals surface area (Å²) < 4.78 is 0. The highest BCUT2D eigenvalue weighted by molar-refractivity contribution is 5.82. The van der Waals surface area contributed by atoms with Gasteiger partial charge in [0.2, 0.25) is 0 Å². The van der Waals surface area contributed by atoms with E-state index in [1.807, 2.05) is 30.3 Å². The Balaban J connectivity index is 2.21. The first-order chi connectivity index (χ1) is 8.24. The van der Waals surface area contributed by atoms with Crippen molar-refractivity contribution in [2.45, 2.75) is 0 Å². The molecule has 17 heavy (non-hydrogen) atoms. The van der Waals surface area contributed by atoms with E-state index in [2.05, 4.69) is 9.97 Å². The van der Waals surface area contributed by atoms with E-state index in [9.17, 15) is 10.2 Å². The molecule has 84 valence electrons. The average molecular weight is 226 g/mol. The van der Waals surface area contributed by atoms with Crippen molar-refractivity contribution in [1.29, 1.82) is 0 Å². The summed E-state index contributed by atoms with van der Waals surface area (Å²) in [6.07, 6.45) is 0. The summed E-state index contributed by atoms with van der Waals surface area (Å²) in [4.78, 5) is 7.46. The predicted octanol–water partition coefficient (Wildman–Crippen LogP) is 2.64. The van der Waals surface area contributed by atoms with Gasteiger partial charge in [0.05, 0.1) is 11.0 Å². The minimum Gasteiger partial charge on any atom is -0.504 e. The lowest BCUT2D eigenvalue weighted by atomic mass is 10.2. The van der Waals surface area contributed by atoms with Gasteiger partial charge >= 0.3 is 0 Å². The number of aromatic nitrogens is 2. The number of phenolic OH excluding ortho intramolecular Hbond substituents is 2. The number of phenols is 2. The molecule has 1 heterocycles. The molecule has 4 nitrogen and oxygen atoms in total. The van der Waals surface area contributed by atoms with Crippen molar-refractivity contribution < 1.29 is 10.2 Å². The van der Waals surface area contributed by atoms with Crippen molar-refractivity contribution in [2.24, 2.45) is 0 Å². The zero-order chi connectivity index (χ0) is 11.8. The largest absolute Gasteiger partial charge is 0.504 e. The number of H-pyrrole nitrogens is 1. The monoisotopic (exact) mass is 226 g/mol. The first-order valence-corrected chi connectivity index (χ1v) is 5.21. The van der Waals surface area contributed by atoms with Crippen LogP contribution >= 0.6 is 0 Å². The fourth-order valence-corrected chi connectivity index (χ4v) is 1.77. The zero-order valence-corrected chi connectivity index (χ0v) is 8.88. The van der Waals surface area contributed by atoms with Crippen LogP contribution in [0.4, 0.5) is 0 Å². The lowest BCUT2D eigenvalue weighted by molar-refractivity contribution is 0.405. The average Bonchev–Trinajstić information content (AvgIpc) is 2.74. The second-order valence-corrected chi connectivity index (χ2v) is 3.81. The molecule has 3 N–H and O–H groups in total. The van der Waals surface area contributed by atoms with E-state index in [1.165, 1.54) is 12.1 Å². The van der Waals surface area contributed by atoms with Crippen molar-refractivity contribution in [2.75, 3.05) is 0 Å². The first kappa shape index (κ1) is 9.72. The molecule has 1 aromatic heterocycles. The fourth-order valence-electron chi connectivity index (χ4n) is 1.77. The molecule has 0 fully saturated rings. The predicted molar refractivity (Wildman–Crippen MR) is 64.9 cm³/mol. The summed E-state index contributed by atoms with van der Waals surface area (Å²) in [5.74, 6) is 0.398. The molecule has 0 saturated heterocycles. The minimum atomic E-state index is -0.163. The van der Waals surface area contributed by atoms with Crippen molar-refractivity contribution in [3.63, 3.8) is 0 Å². The summed E-state index contributed by atoms with van der Waals surface area (Å²) in [6, 6.07) is 12.6. The summed E-state index contributed by atoms with van der Waals surface area (Å²) in [5.41, 5.74) is 2.28. The van der Waals surface area contributed by atoms with E-state index < -0.39 is 0 Å². The van der Waals surface area contributed by atoms with Gasteiger partial charge in [-0.2, -0.15) is 0 Å². The Labute approximate surface area is 97.2 Å². The Morgan fingerprint density at radius 2 is 1.65 bits per heavy atom. The van der Waals surface area contributed by atoms with Crippen molar-refractivity contribution in [3.05, 3.63) is 42.5 Å². The van der Waals surface area contributed by atoms with Gasteiger partial charge in [-0.25, -0.2) is 4.98 Å². The normalized spacial score (nSPS) is 10.8. The molecule has 0 saturated carbocycles. The van der Waals surface area contributed by atoms with Crippen molar-refractivity contribution in [1.82, 2.24) is 9.97 Å². The third-order valence-corrected chi connectivity index (χ3v) is 2.63. The van der Waals surface area contributed by atoms with Crippen LogP contribution in [0.25, 0.3) is 22.4 Å². The number of imidazole rings is 1. The molecule has 0 bridgehead atoms. The number of aromatic hydroxyl groups is 2. The lowest BCUT2D eigenvalue weighted by Gasteiger charge is -1.94. The highest BCUT2D eigenvalue weighted by Gasteiger charge is 2.08.